The molecule has 1 aromatic carbocycles. The molecular weight excluding hydrogens is 266 g/mol. The van der Waals surface area contributed by atoms with E-state index in [-0.39, 0.29) is 5.56 Å². The number of hydrogen-bond donors (Lipinski definition) is 1. The monoisotopic (exact) mass is 281 g/mol. The van der Waals surface area contributed by atoms with Gasteiger partial charge in [0.1, 0.15) is 0 Å². The summed E-state index contributed by atoms with van der Waals surface area (Å²) < 4.78 is 0. The molecule has 8 heteroatoms. The first-order valence-corrected chi connectivity index (χ1v) is 6.17. The van der Waals surface area contributed by atoms with Crippen LogP contribution in [0.15, 0.2) is 18.2 Å². The molecule has 0 bridgehead atoms. The van der Waals surface area contributed by atoms with Crippen molar-refractivity contribution in [2.45, 2.75) is 26.2 Å². The molecule has 0 aliphatic rings. The Labute approximate surface area is 115 Å². The van der Waals surface area contributed by atoms with Crippen LogP contribution in [-0.2, 0) is 0 Å². The van der Waals surface area contributed by atoms with Crippen LogP contribution in [0.1, 0.15) is 36.5 Å². The lowest BCUT2D eigenvalue weighted by molar-refractivity contribution is -0.394. The second-order valence-corrected chi connectivity index (χ2v) is 4.22. The highest BCUT2D eigenvalue weighted by molar-refractivity contribution is 5.95. The van der Waals surface area contributed by atoms with E-state index in [1.54, 1.807) is 0 Å². The number of carbonyl (C=O) groups excluding carboxylic acids is 1. The van der Waals surface area contributed by atoms with Gasteiger partial charge in [0.15, 0.2) is 0 Å². The van der Waals surface area contributed by atoms with Gasteiger partial charge in [-0.2, -0.15) is 0 Å². The Morgan fingerprint density at radius 2 is 1.65 bits per heavy atom. The highest BCUT2D eigenvalue weighted by Crippen LogP contribution is 2.22. The molecule has 0 spiro atoms. The molecule has 0 saturated heterocycles. The van der Waals surface area contributed by atoms with Crippen LogP contribution in [0, 0.1) is 20.2 Å². The SMILES string of the molecule is CCCCCNC(=O)c1cc([N+](=O)[O-])cc([N+](=O)[O-])c1. The van der Waals surface area contributed by atoms with Gasteiger partial charge >= 0.3 is 0 Å². The molecule has 0 saturated carbocycles. The van der Waals surface area contributed by atoms with Gasteiger partial charge in [-0.3, -0.25) is 25.0 Å². The number of amides is 1. The van der Waals surface area contributed by atoms with E-state index in [9.17, 15) is 25.0 Å². The van der Waals surface area contributed by atoms with Gasteiger partial charge in [0.25, 0.3) is 17.3 Å². The van der Waals surface area contributed by atoms with E-state index < -0.39 is 27.1 Å². The summed E-state index contributed by atoms with van der Waals surface area (Å²) in [5, 5.41) is 24.0. The van der Waals surface area contributed by atoms with Crippen LogP contribution in [0.4, 0.5) is 11.4 Å². The van der Waals surface area contributed by atoms with Crippen molar-refractivity contribution in [2.75, 3.05) is 6.54 Å². The molecule has 0 radical (unpaired) electrons. The Balaban J connectivity index is 2.90. The molecule has 0 fully saturated rings. The Hall–Kier alpha value is -2.51. The first-order chi connectivity index (χ1) is 9.45. The van der Waals surface area contributed by atoms with Crippen molar-refractivity contribution in [3.8, 4) is 0 Å². The van der Waals surface area contributed by atoms with Gasteiger partial charge in [0, 0.05) is 18.7 Å². The number of nitrogens with zero attached hydrogens (tertiary/aromatic N) is 2. The summed E-state index contributed by atoms with van der Waals surface area (Å²) in [4.78, 5) is 31.7. The number of benzene rings is 1. The standard InChI is InChI=1S/C12H15N3O5/c1-2-3-4-5-13-12(16)9-6-10(14(17)18)8-11(7-9)15(19)20/h6-8H,2-5H2,1H3,(H,13,16). The molecule has 1 rings (SSSR count). The highest BCUT2D eigenvalue weighted by Gasteiger charge is 2.19. The third kappa shape index (κ3) is 4.30. The molecule has 8 nitrogen and oxygen atoms in total. The molecule has 1 aromatic rings. The average molecular weight is 281 g/mol. The first-order valence-electron chi connectivity index (χ1n) is 6.17. The fourth-order valence-corrected chi connectivity index (χ4v) is 1.62. The maximum atomic E-state index is 11.8. The fraction of sp³-hybridized carbons (Fsp3) is 0.417. The predicted molar refractivity (Wildman–Crippen MR) is 71.6 cm³/mol. The lowest BCUT2D eigenvalue weighted by atomic mass is 10.1. The molecular formula is C12H15N3O5. The molecule has 108 valence electrons. The first kappa shape index (κ1) is 15.5. The zero-order valence-electron chi connectivity index (χ0n) is 11.0. The van der Waals surface area contributed by atoms with Crippen LogP contribution in [-0.4, -0.2) is 22.3 Å². The van der Waals surface area contributed by atoms with Gasteiger partial charge in [-0.15, -0.1) is 0 Å². The number of nitro benzene ring substituents is 2. The molecule has 0 heterocycles. The second kappa shape index (κ2) is 7.17. The van der Waals surface area contributed by atoms with E-state index in [0.29, 0.717) is 6.54 Å². The van der Waals surface area contributed by atoms with Crippen molar-refractivity contribution in [3.05, 3.63) is 44.0 Å². The Morgan fingerprint density at radius 1 is 1.10 bits per heavy atom. The topological polar surface area (TPSA) is 115 Å². The number of nitrogens with one attached hydrogen (secondary N) is 1. The minimum atomic E-state index is -0.763. The molecule has 0 unspecified atom stereocenters. The van der Waals surface area contributed by atoms with E-state index >= 15 is 0 Å². The lowest BCUT2D eigenvalue weighted by Crippen LogP contribution is -2.24. The van der Waals surface area contributed by atoms with Gasteiger partial charge < -0.3 is 5.32 Å². The minimum absolute atomic E-state index is 0.0811. The number of carbonyl (C=O) groups is 1. The lowest BCUT2D eigenvalue weighted by Gasteiger charge is -2.04. The Kier molecular flexibility index (Phi) is 5.57. The van der Waals surface area contributed by atoms with Gasteiger partial charge in [-0.1, -0.05) is 19.8 Å². The number of non-ortho nitro benzene ring substituents is 2. The largest absolute Gasteiger partial charge is 0.352 e. The molecule has 20 heavy (non-hydrogen) atoms. The second-order valence-electron chi connectivity index (χ2n) is 4.22. The number of hydrogen-bond acceptors (Lipinski definition) is 5. The van der Waals surface area contributed by atoms with Crippen LogP contribution in [0.5, 0.6) is 0 Å². The third-order valence-corrected chi connectivity index (χ3v) is 2.65. The molecule has 1 amide bonds. The zero-order valence-corrected chi connectivity index (χ0v) is 11.0. The van der Waals surface area contributed by atoms with Crippen molar-refractivity contribution in [2.24, 2.45) is 0 Å². The van der Waals surface area contributed by atoms with Crippen molar-refractivity contribution in [3.63, 3.8) is 0 Å². The fourth-order valence-electron chi connectivity index (χ4n) is 1.62. The van der Waals surface area contributed by atoms with Crippen LogP contribution >= 0.6 is 0 Å². The maximum absolute atomic E-state index is 11.8. The van der Waals surface area contributed by atoms with Gasteiger partial charge in [-0.05, 0) is 6.42 Å². The quantitative estimate of drug-likeness (QED) is 0.468. The van der Waals surface area contributed by atoms with Crippen LogP contribution in [0.25, 0.3) is 0 Å². The normalized spacial score (nSPS) is 10.1. The minimum Gasteiger partial charge on any atom is -0.352 e. The van der Waals surface area contributed by atoms with Crippen molar-refractivity contribution in [1.29, 1.82) is 0 Å². The van der Waals surface area contributed by atoms with E-state index in [4.69, 9.17) is 0 Å². The summed E-state index contributed by atoms with van der Waals surface area (Å²) in [7, 11) is 0. The summed E-state index contributed by atoms with van der Waals surface area (Å²) in [6.45, 7) is 2.45. The smallest absolute Gasteiger partial charge is 0.277 e. The Morgan fingerprint density at radius 3 is 2.10 bits per heavy atom. The van der Waals surface area contributed by atoms with Gasteiger partial charge in [-0.25, -0.2) is 0 Å². The van der Waals surface area contributed by atoms with Crippen molar-refractivity contribution >= 4 is 17.3 Å². The highest BCUT2D eigenvalue weighted by atomic mass is 16.6. The van der Waals surface area contributed by atoms with Crippen LogP contribution in [0.2, 0.25) is 0 Å². The van der Waals surface area contributed by atoms with Gasteiger partial charge in [0.05, 0.1) is 21.5 Å². The average Bonchev–Trinajstić information content (AvgIpc) is 2.42. The van der Waals surface area contributed by atoms with Crippen LogP contribution in [0.3, 0.4) is 0 Å². The molecule has 1 N–H and O–H groups in total. The third-order valence-electron chi connectivity index (χ3n) is 2.65. The summed E-state index contributed by atoms with van der Waals surface area (Å²) >= 11 is 0. The zero-order chi connectivity index (χ0) is 15.1. The molecule has 0 aliphatic heterocycles. The summed E-state index contributed by atoms with van der Waals surface area (Å²) in [6, 6.07) is 2.89. The molecule has 0 atom stereocenters. The van der Waals surface area contributed by atoms with E-state index in [2.05, 4.69) is 5.32 Å². The number of nitro groups is 2. The van der Waals surface area contributed by atoms with E-state index in [1.165, 1.54) is 0 Å². The van der Waals surface area contributed by atoms with Crippen molar-refractivity contribution < 1.29 is 14.6 Å². The summed E-state index contributed by atoms with van der Waals surface area (Å²) in [5.74, 6) is -0.548. The van der Waals surface area contributed by atoms with Gasteiger partial charge in [0.2, 0.25) is 0 Å². The number of rotatable bonds is 7. The molecule has 0 aliphatic carbocycles. The predicted octanol–water partition coefficient (Wildman–Crippen LogP) is 2.42. The summed E-state index contributed by atoms with van der Waals surface area (Å²) in [6.07, 6.45) is 2.74. The number of unbranched alkanes of at least 4 members (excludes halogenated alkanes) is 2. The maximum Gasteiger partial charge on any atom is 0.277 e. The Bertz CT molecular complexity index is 498. The molecule has 0 aromatic heterocycles. The van der Waals surface area contributed by atoms with Crippen LogP contribution < -0.4 is 5.32 Å². The van der Waals surface area contributed by atoms with E-state index in [0.717, 1.165) is 37.5 Å². The van der Waals surface area contributed by atoms with Crippen molar-refractivity contribution in [1.82, 2.24) is 5.32 Å². The summed E-state index contributed by atoms with van der Waals surface area (Å²) in [5.41, 5.74) is -1.03. The van der Waals surface area contributed by atoms with E-state index in [1.807, 2.05) is 6.92 Å².